The molecule has 0 fully saturated rings. The molecule has 8 heteroatoms. The lowest BCUT2D eigenvalue weighted by Gasteiger charge is -2.15. The predicted octanol–water partition coefficient (Wildman–Crippen LogP) is 4.25. The fourth-order valence-electron chi connectivity index (χ4n) is 2.90. The summed E-state index contributed by atoms with van der Waals surface area (Å²) in [6.45, 7) is 12.0. The zero-order valence-electron chi connectivity index (χ0n) is 18.6. The number of thiazole rings is 1. The second-order valence-corrected chi connectivity index (χ2v) is 8.40. The highest BCUT2D eigenvalue weighted by molar-refractivity contribution is 14.0. The van der Waals surface area contributed by atoms with Crippen molar-refractivity contribution in [1.82, 2.24) is 15.6 Å². The Morgan fingerprint density at radius 2 is 2.03 bits per heavy atom. The Balaban J connectivity index is 0.00000450. The number of hydrogen-bond donors (Lipinski definition) is 3. The molecule has 3 N–H and O–H groups in total. The fourth-order valence-corrected chi connectivity index (χ4v) is 3.92. The zero-order valence-corrected chi connectivity index (χ0v) is 21.7. The van der Waals surface area contributed by atoms with E-state index < -0.39 is 6.10 Å². The van der Waals surface area contributed by atoms with E-state index in [0.717, 1.165) is 42.3 Å². The highest BCUT2D eigenvalue weighted by Gasteiger charge is 2.10. The first-order chi connectivity index (χ1) is 13.9. The first-order valence-corrected chi connectivity index (χ1v) is 11.2. The van der Waals surface area contributed by atoms with Crippen molar-refractivity contribution >= 4 is 41.3 Å². The molecule has 0 spiro atoms. The van der Waals surface area contributed by atoms with Gasteiger partial charge in [-0.15, -0.1) is 35.3 Å². The summed E-state index contributed by atoms with van der Waals surface area (Å²) in [4.78, 5) is 10.5. The van der Waals surface area contributed by atoms with Crippen LogP contribution in [0.25, 0.3) is 0 Å². The Bertz CT molecular complexity index is 795. The number of nitrogens with one attached hydrogen (secondary N) is 2. The topological polar surface area (TPSA) is 78.8 Å². The van der Waals surface area contributed by atoms with Crippen LogP contribution in [0.3, 0.4) is 0 Å². The van der Waals surface area contributed by atoms with Gasteiger partial charge in [-0.05, 0) is 51.8 Å². The number of aromatic nitrogens is 1. The van der Waals surface area contributed by atoms with Gasteiger partial charge in [-0.2, -0.15) is 0 Å². The average molecular weight is 547 g/mol. The van der Waals surface area contributed by atoms with Crippen LogP contribution in [0.4, 0.5) is 0 Å². The lowest BCUT2D eigenvalue weighted by atomic mass is 10.1. The number of guanidine groups is 1. The molecule has 1 atom stereocenters. The van der Waals surface area contributed by atoms with Crippen molar-refractivity contribution in [3.05, 3.63) is 45.4 Å². The molecule has 0 aliphatic heterocycles. The van der Waals surface area contributed by atoms with E-state index in [0.29, 0.717) is 5.96 Å². The first-order valence-electron chi connectivity index (χ1n) is 10.3. The van der Waals surface area contributed by atoms with Crippen molar-refractivity contribution in [3.8, 4) is 5.75 Å². The second-order valence-electron chi connectivity index (χ2n) is 7.12. The molecule has 0 aliphatic rings. The van der Waals surface area contributed by atoms with Gasteiger partial charge in [-0.1, -0.05) is 19.1 Å². The van der Waals surface area contributed by atoms with E-state index in [1.807, 2.05) is 45.0 Å². The largest absolute Gasteiger partial charge is 0.491 e. The maximum atomic E-state index is 10.5. The van der Waals surface area contributed by atoms with Gasteiger partial charge in [0, 0.05) is 24.4 Å². The normalized spacial score (nSPS) is 12.4. The maximum Gasteiger partial charge on any atom is 0.191 e. The molecular weight excluding hydrogens is 511 g/mol. The Hall–Kier alpha value is -1.39. The Morgan fingerprint density at radius 1 is 1.27 bits per heavy atom. The molecule has 1 aromatic carbocycles. The summed E-state index contributed by atoms with van der Waals surface area (Å²) < 4.78 is 5.71. The number of aliphatic hydroxyl groups is 1. The molecule has 1 aromatic heterocycles. The van der Waals surface area contributed by atoms with Gasteiger partial charge >= 0.3 is 0 Å². The highest BCUT2D eigenvalue weighted by atomic mass is 127. The summed E-state index contributed by atoms with van der Waals surface area (Å²) in [5.74, 6) is 1.46. The van der Waals surface area contributed by atoms with Crippen molar-refractivity contribution in [3.63, 3.8) is 0 Å². The highest BCUT2D eigenvalue weighted by Crippen LogP contribution is 2.21. The van der Waals surface area contributed by atoms with Crippen molar-refractivity contribution in [2.45, 2.75) is 59.7 Å². The van der Waals surface area contributed by atoms with E-state index >= 15 is 0 Å². The Morgan fingerprint density at radius 3 is 2.67 bits per heavy atom. The van der Waals surface area contributed by atoms with Gasteiger partial charge in [0.25, 0.3) is 0 Å². The monoisotopic (exact) mass is 546 g/mol. The third-order valence-electron chi connectivity index (χ3n) is 4.28. The molecule has 6 nitrogen and oxygen atoms in total. The molecule has 0 saturated carbocycles. The van der Waals surface area contributed by atoms with Crippen molar-refractivity contribution in [1.29, 1.82) is 0 Å². The van der Waals surface area contributed by atoms with Crippen LogP contribution in [0, 0.1) is 6.92 Å². The van der Waals surface area contributed by atoms with E-state index in [-0.39, 0.29) is 36.6 Å². The van der Waals surface area contributed by atoms with Crippen LogP contribution >= 0.6 is 35.3 Å². The van der Waals surface area contributed by atoms with Crippen LogP contribution in [-0.2, 0) is 12.8 Å². The van der Waals surface area contributed by atoms with Crippen LogP contribution in [0.1, 0.15) is 54.9 Å². The lowest BCUT2D eigenvalue weighted by Crippen LogP contribution is -2.38. The average Bonchev–Trinajstić information content (AvgIpc) is 3.05. The first kappa shape index (κ1) is 26.6. The van der Waals surface area contributed by atoms with Crippen LogP contribution in [0.5, 0.6) is 5.75 Å². The second kappa shape index (κ2) is 13.8. The summed E-state index contributed by atoms with van der Waals surface area (Å²) in [5.41, 5.74) is 1.99. The fraction of sp³-hybridized carbons (Fsp3) is 0.545. The van der Waals surface area contributed by atoms with E-state index in [1.54, 1.807) is 11.3 Å². The number of nitrogens with zero attached hydrogens (tertiary/aromatic N) is 2. The maximum absolute atomic E-state index is 10.5. The number of aliphatic imine (C=N–C) groups is 1. The van der Waals surface area contributed by atoms with Crippen LogP contribution in [-0.4, -0.2) is 41.8 Å². The molecule has 2 rings (SSSR count). The minimum absolute atomic E-state index is 0. The number of benzene rings is 1. The van der Waals surface area contributed by atoms with Crippen LogP contribution in [0.2, 0.25) is 0 Å². The Labute approximate surface area is 201 Å². The number of aliphatic hydroxyl groups excluding tert-OH is 1. The quantitative estimate of drug-likeness (QED) is 0.236. The molecule has 0 saturated heterocycles. The SMILES string of the molecule is CCNC(=NCC(O)c1cccc(OC(C)C)c1)NCCc1nc(CC)c(C)s1.I. The molecule has 1 heterocycles. The third kappa shape index (κ3) is 8.77. The van der Waals surface area contributed by atoms with E-state index in [4.69, 9.17) is 4.74 Å². The number of aryl methyl sites for hydroxylation is 2. The van der Waals surface area contributed by atoms with Gasteiger partial charge in [0.15, 0.2) is 5.96 Å². The number of hydrogen-bond acceptors (Lipinski definition) is 5. The summed E-state index contributed by atoms with van der Waals surface area (Å²) >= 11 is 1.76. The molecule has 0 bridgehead atoms. The standard InChI is InChI=1S/C22H34N4O2S.HI/c1-6-19-16(5)29-21(26-19)11-12-24-22(23-7-2)25-14-20(27)17-9-8-10-18(13-17)28-15(3)4;/h8-10,13,15,20,27H,6-7,11-12,14H2,1-5H3,(H2,23,24,25);1H. The van der Waals surface area contributed by atoms with Gasteiger partial charge in [-0.25, -0.2) is 4.98 Å². The Kier molecular flexibility index (Phi) is 12.3. The minimum atomic E-state index is -0.685. The van der Waals surface area contributed by atoms with E-state index in [1.165, 1.54) is 10.6 Å². The minimum Gasteiger partial charge on any atom is -0.491 e. The number of rotatable bonds is 10. The van der Waals surface area contributed by atoms with Gasteiger partial charge in [0.1, 0.15) is 5.75 Å². The van der Waals surface area contributed by atoms with Gasteiger partial charge in [0.2, 0.25) is 0 Å². The van der Waals surface area contributed by atoms with Crippen molar-refractivity contribution in [2.75, 3.05) is 19.6 Å². The van der Waals surface area contributed by atoms with Crippen LogP contribution < -0.4 is 15.4 Å². The predicted molar refractivity (Wildman–Crippen MR) is 136 cm³/mol. The van der Waals surface area contributed by atoms with Gasteiger partial charge in [-0.3, -0.25) is 4.99 Å². The van der Waals surface area contributed by atoms with Crippen molar-refractivity contribution < 1.29 is 9.84 Å². The van der Waals surface area contributed by atoms with E-state index in [2.05, 4.69) is 34.5 Å². The number of halogens is 1. The molecule has 2 aromatic rings. The summed E-state index contributed by atoms with van der Waals surface area (Å²) in [6, 6.07) is 7.56. The zero-order chi connectivity index (χ0) is 21.2. The molecule has 0 amide bonds. The summed E-state index contributed by atoms with van der Waals surface area (Å²) in [5, 5.41) is 18.2. The molecule has 168 valence electrons. The van der Waals surface area contributed by atoms with Crippen molar-refractivity contribution in [2.24, 2.45) is 4.99 Å². The molecule has 0 aliphatic carbocycles. The molecule has 30 heavy (non-hydrogen) atoms. The molecular formula is C22H35IN4O2S. The number of ether oxygens (including phenoxy) is 1. The lowest BCUT2D eigenvalue weighted by molar-refractivity contribution is 0.185. The summed E-state index contributed by atoms with van der Waals surface area (Å²) in [6.07, 6.45) is 1.24. The molecule has 1 unspecified atom stereocenters. The third-order valence-corrected chi connectivity index (χ3v) is 5.36. The van der Waals surface area contributed by atoms with Crippen LogP contribution in [0.15, 0.2) is 29.3 Å². The smallest absolute Gasteiger partial charge is 0.191 e. The molecule has 0 radical (unpaired) electrons. The van der Waals surface area contributed by atoms with Gasteiger partial charge < -0.3 is 20.5 Å². The van der Waals surface area contributed by atoms with Gasteiger partial charge in [0.05, 0.1) is 29.5 Å². The van der Waals surface area contributed by atoms with E-state index in [9.17, 15) is 5.11 Å². The summed E-state index contributed by atoms with van der Waals surface area (Å²) in [7, 11) is 0.